The zero-order valence-corrected chi connectivity index (χ0v) is 17.5. The van der Waals surface area contributed by atoms with Crippen LogP contribution in [0.5, 0.6) is 5.75 Å². The third-order valence-corrected chi connectivity index (χ3v) is 5.67. The van der Waals surface area contributed by atoms with Crippen LogP contribution < -0.4 is 10.4 Å². The molecule has 0 aliphatic carbocycles. The Morgan fingerprint density at radius 2 is 1.12 bits per heavy atom. The van der Waals surface area contributed by atoms with Crippen LogP contribution in [-0.2, 0) is 16.8 Å². The molecule has 0 unspecified atom stereocenters. The van der Waals surface area contributed by atoms with E-state index in [2.05, 4.69) is 5.32 Å². The van der Waals surface area contributed by atoms with Gasteiger partial charge in [0.2, 0.25) is 0 Å². The Morgan fingerprint density at radius 1 is 0.719 bits per heavy atom. The Labute approximate surface area is 187 Å². The molecule has 0 radical (unpaired) electrons. The molecule has 0 amide bonds. The zero-order valence-electron chi connectivity index (χ0n) is 17.5. The molecule has 2 N–H and O–H groups in total. The van der Waals surface area contributed by atoms with E-state index in [1.807, 2.05) is 91.0 Å². The molecule has 0 aliphatic heterocycles. The Hall–Kier alpha value is -3.89. The zero-order chi connectivity index (χ0) is 22.4. The van der Waals surface area contributed by atoms with E-state index >= 15 is 0 Å². The van der Waals surface area contributed by atoms with Crippen LogP contribution in [0.4, 0.5) is 0 Å². The summed E-state index contributed by atoms with van der Waals surface area (Å²) in [6.45, 7) is 0. The van der Waals surface area contributed by atoms with Crippen LogP contribution in [0, 0.1) is 0 Å². The molecule has 0 fully saturated rings. The van der Waals surface area contributed by atoms with E-state index in [9.17, 15) is 15.0 Å². The summed E-state index contributed by atoms with van der Waals surface area (Å²) in [6, 6.07) is 35.1. The van der Waals surface area contributed by atoms with Crippen LogP contribution in [0.3, 0.4) is 0 Å². The average molecular weight is 423 g/mol. The molecule has 4 aromatic rings. The normalized spacial score (nSPS) is 12.2. The molecular weight excluding hydrogens is 398 g/mol. The van der Waals surface area contributed by atoms with Gasteiger partial charge in [-0.25, -0.2) is 0 Å². The Morgan fingerprint density at radius 3 is 1.50 bits per heavy atom. The maximum absolute atomic E-state index is 12.4. The first-order chi connectivity index (χ1) is 15.6. The van der Waals surface area contributed by atoms with Crippen molar-refractivity contribution >= 4 is 5.97 Å². The van der Waals surface area contributed by atoms with Crippen molar-refractivity contribution in [3.63, 3.8) is 0 Å². The van der Waals surface area contributed by atoms with E-state index in [1.54, 1.807) is 12.1 Å². The highest BCUT2D eigenvalue weighted by Gasteiger charge is 2.39. The monoisotopic (exact) mass is 422 g/mol. The molecule has 0 saturated heterocycles. The third-order valence-electron chi connectivity index (χ3n) is 5.67. The van der Waals surface area contributed by atoms with Gasteiger partial charge in [0.25, 0.3) is 0 Å². The second-order valence-corrected chi connectivity index (χ2v) is 7.73. The summed E-state index contributed by atoms with van der Waals surface area (Å²) in [4.78, 5) is 12.4. The minimum atomic E-state index is -0.955. The molecule has 0 spiro atoms. The summed E-state index contributed by atoms with van der Waals surface area (Å²) in [6.07, 6.45) is 0.240. The van der Waals surface area contributed by atoms with E-state index in [0.717, 1.165) is 22.3 Å². The fraction of sp³-hybridized carbons (Fsp3) is 0.107. The molecule has 0 aliphatic rings. The second-order valence-electron chi connectivity index (χ2n) is 7.73. The molecule has 0 bridgehead atoms. The van der Waals surface area contributed by atoms with E-state index in [1.165, 1.54) is 12.1 Å². The van der Waals surface area contributed by atoms with Gasteiger partial charge in [-0.05, 0) is 28.7 Å². The molecule has 4 rings (SSSR count). The molecule has 32 heavy (non-hydrogen) atoms. The maximum atomic E-state index is 12.4. The lowest BCUT2D eigenvalue weighted by molar-refractivity contribution is -0.268. The van der Waals surface area contributed by atoms with Gasteiger partial charge in [0.05, 0.1) is 5.54 Å². The topological polar surface area (TPSA) is 72.4 Å². The molecule has 160 valence electrons. The predicted molar refractivity (Wildman–Crippen MR) is 123 cm³/mol. The highest BCUT2D eigenvalue weighted by molar-refractivity contribution is 5.74. The first-order valence-corrected chi connectivity index (χ1v) is 10.5. The van der Waals surface area contributed by atoms with Gasteiger partial charge in [0.1, 0.15) is 6.04 Å². The fourth-order valence-electron chi connectivity index (χ4n) is 4.14. The predicted octanol–water partition coefficient (Wildman–Crippen LogP) is 4.34. The first kappa shape index (κ1) is 21.3. The van der Waals surface area contributed by atoms with Crippen LogP contribution in [-0.4, -0.2) is 17.1 Å². The van der Waals surface area contributed by atoms with Crippen molar-refractivity contribution in [3.8, 4) is 5.75 Å². The van der Waals surface area contributed by atoms with Gasteiger partial charge >= 0.3 is 5.97 Å². The van der Waals surface area contributed by atoms with Crippen molar-refractivity contribution in [2.45, 2.75) is 18.0 Å². The van der Waals surface area contributed by atoms with Crippen LogP contribution in [0.15, 0.2) is 115 Å². The molecule has 4 nitrogen and oxygen atoms in total. The highest BCUT2D eigenvalue weighted by atomic mass is 16.4. The van der Waals surface area contributed by atoms with Gasteiger partial charge in [-0.15, -0.1) is 5.75 Å². The molecule has 4 heteroatoms. The number of nitrogens with one attached hydrogen (secondary N) is 1. The number of aliphatic carboxylic acids is 1. The number of hydrogen-bond acceptors (Lipinski definition) is 3. The van der Waals surface area contributed by atoms with E-state index in [-0.39, 0.29) is 12.2 Å². The molecule has 0 heterocycles. The van der Waals surface area contributed by atoms with Crippen molar-refractivity contribution in [1.29, 1.82) is 0 Å². The van der Waals surface area contributed by atoms with Crippen LogP contribution in [0.1, 0.15) is 22.3 Å². The van der Waals surface area contributed by atoms with Gasteiger partial charge in [-0.2, -0.15) is 0 Å². The first-order valence-electron chi connectivity index (χ1n) is 10.5. The maximum Gasteiger partial charge on any atom is 0.321 e. The Kier molecular flexibility index (Phi) is 6.34. The van der Waals surface area contributed by atoms with Gasteiger partial charge in [-0.1, -0.05) is 115 Å². The van der Waals surface area contributed by atoms with Gasteiger partial charge < -0.3 is 10.2 Å². The van der Waals surface area contributed by atoms with E-state index in [4.69, 9.17) is 0 Å². The largest absolute Gasteiger partial charge is 0.872 e. The number of carbonyl (C=O) groups is 1. The third kappa shape index (κ3) is 4.41. The lowest BCUT2D eigenvalue weighted by atomic mass is 9.76. The van der Waals surface area contributed by atoms with Gasteiger partial charge in [0.15, 0.2) is 0 Å². The molecule has 1 atom stereocenters. The molecule has 0 aromatic heterocycles. The number of hydrogen-bond donors (Lipinski definition) is 2. The number of carboxylic acid groups (broad SMARTS) is 1. The minimum Gasteiger partial charge on any atom is -0.872 e. The van der Waals surface area contributed by atoms with Crippen molar-refractivity contribution < 1.29 is 15.0 Å². The summed E-state index contributed by atoms with van der Waals surface area (Å²) in [5.74, 6) is -1.05. The number of rotatable bonds is 8. The molecule has 0 saturated carbocycles. The summed E-state index contributed by atoms with van der Waals surface area (Å²) >= 11 is 0. The number of carboxylic acids is 1. The van der Waals surface area contributed by atoms with E-state index in [0.29, 0.717) is 0 Å². The van der Waals surface area contributed by atoms with E-state index < -0.39 is 17.6 Å². The quantitative estimate of drug-likeness (QED) is 0.415. The smallest absolute Gasteiger partial charge is 0.321 e. The summed E-state index contributed by atoms with van der Waals surface area (Å²) in [7, 11) is 0. The molecular formula is C28H24NO3-. The summed E-state index contributed by atoms with van der Waals surface area (Å²) in [5, 5.41) is 25.2. The average Bonchev–Trinajstić information content (AvgIpc) is 2.84. The number of benzene rings is 4. The SMILES string of the molecule is O=C(O)[C@H](Cc1ccc([O-])cc1)NC(c1ccccc1)(c1ccccc1)c1ccccc1. The van der Waals surface area contributed by atoms with Crippen molar-refractivity contribution in [2.24, 2.45) is 0 Å². The second kappa shape index (κ2) is 9.50. The lowest BCUT2D eigenvalue weighted by Crippen LogP contribution is -2.53. The van der Waals surface area contributed by atoms with Crippen LogP contribution in [0.2, 0.25) is 0 Å². The van der Waals surface area contributed by atoms with Crippen molar-refractivity contribution in [1.82, 2.24) is 5.32 Å². The fourth-order valence-corrected chi connectivity index (χ4v) is 4.14. The Bertz CT molecular complexity index is 1050. The molecule has 4 aromatic carbocycles. The van der Waals surface area contributed by atoms with Crippen molar-refractivity contribution in [3.05, 3.63) is 138 Å². The standard InChI is InChI=1S/C28H25NO3/c30-25-18-16-21(17-19-25)20-26(27(31)32)29-28(22-10-4-1-5-11-22,23-12-6-2-7-13-23)24-14-8-3-9-15-24/h1-19,26,29-30H,20H2,(H,31,32)/p-1/t26-/m0/s1. The van der Waals surface area contributed by atoms with Gasteiger partial charge in [0, 0.05) is 0 Å². The lowest BCUT2D eigenvalue weighted by Gasteiger charge is -2.39. The van der Waals surface area contributed by atoms with Gasteiger partial charge in [-0.3, -0.25) is 10.1 Å². The van der Waals surface area contributed by atoms with Crippen LogP contribution in [0.25, 0.3) is 0 Å². The summed E-state index contributed by atoms with van der Waals surface area (Å²) in [5.41, 5.74) is 2.73. The minimum absolute atomic E-state index is 0.0965. The highest BCUT2D eigenvalue weighted by Crippen LogP contribution is 2.37. The Balaban J connectivity index is 1.88. The van der Waals surface area contributed by atoms with Crippen LogP contribution >= 0.6 is 0 Å². The summed E-state index contributed by atoms with van der Waals surface area (Å²) < 4.78 is 0. The van der Waals surface area contributed by atoms with Crippen molar-refractivity contribution in [2.75, 3.05) is 0 Å².